The molecule has 0 aromatic heterocycles. The summed E-state index contributed by atoms with van der Waals surface area (Å²) in [6, 6.07) is 0. The Labute approximate surface area is 39.6 Å². The van der Waals surface area contributed by atoms with Crippen LogP contribution in [0.5, 0.6) is 0 Å². The minimum absolute atomic E-state index is 0. The lowest BCUT2D eigenvalue weighted by Crippen LogP contribution is -0.552. The van der Waals surface area contributed by atoms with Crippen LogP contribution in [0.15, 0.2) is 26.3 Å². The largest absolute Gasteiger partial charge is 0.147 e. The fourth-order valence-corrected chi connectivity index (χ4v) is 0. The molecule has 32 valence electrons. The van der Waals surface area contributed by atoms with Crippen LogP contribution < -0.4 is 0 Å². The molecule has 0 aliphatic carbocycles. The van der Waals surface area contributed by atoms with Crippen molar-refractivity contribution in [1.29, 1.82) is 0 Å². The fourth-order valence-electron chi connectivity index (χ4n) is 0. The van der Waals surface area contributed by atoms with E-state index >= 15 is 0 Å². The molecular weight excluding hydrogens is 83.5 g/mol. The Balaban J connectivity index is -0.0000000133. The molecule has 0 aromatic rings. The monoisotopic (exact) mass is 92.0 g/mol. The fraction of sp³-hybridized carbons (Fsp3) is 0. The third-order valence-electron chi connectivity index (χ3n) is 0. The Morgan fingerprint density at radius 3 is 0.600 bits per heavy atom. The molecule has 5 heavy (non-hydrogen) atoms. The molecular formula is C4H9Cl. The van der Waals surface area contributed by atoms with Crippen LogP contribution in [0, 0.1) is 0 Å². The molecule has 0 saturated heterocycles. The van der Waals surface area contributed by atoms with Gasteiger partial charge in [-0.1, -0.05) is 0 Å². The predicted molar refractivity (Wildman–Crippen MR) is 29.8 cm³/mol. The average Bonchev–Trinajstić information content (AvgIpc) is 1.50. The van der Waals surface area contributed by atoms with Crippen LogP contribution in [0.4, 0.5) is 0 Å². The van der Waals surface area contributed by atoms with E-state index in [1.165, 1.54) is 0 Å². The molecule has 0 unspecified atom stereocenters. The summed E-state index contributed by atoms with van der Waals surface area (Å²) < 4.78 is 0. The topological polar surface area (TPSA) is 0 Å². The molecule has 0 amide bonds. The molecule has 0 rings (SSSR count). The Kier molecular flexibility index (Phi) is 2370. The van der Waals surface area contributed by atoms with Crippen molar-refractivity contribution in [1.82, 2.24) is 0 Å². The first-order valence-corrected chi connectivity index (χ1v) is 1.000. The highest BCUT2D eigenvalue weighted by atomic mass is 35.5. The molecule has 1 heteroatoms. The summed E-state index contributed by atoms with van der Waals surface area (Å²) in [6.45, 7) is 12.0. The molecule has 0 nitrogen and oxygen atoms in total. The van der Waals surface area contributed by atoms with Crippen molar-refractivity contribution >= 4 is 12.4 Å². The molecule has 0 saturated carbocycles. The molecule has 0 fully saturated rings. The zero-order valence-electron chi connectivity index (χ0n) is 3.24. The van der Waals surface area contributed by atoms with Gasteiger partial charge in [-0.15, -0.1) is 38.7 Å². The van der Waals surface area contributed by atoms with Crippen molar-refractivity contribution in [2.75, 3.05) is 0 Å². The number of rotatable bonds is 0. The van der Waals surface area contributed by atoms with Gasteiger partial charge < -0.3 is 0 Å². The van der Waals surface area contributed by atoms with Gasteiger partial charge in [0.15, 0.2) is 0 Å². The summed E-state index contributed by atoms with van der Waals surface area (Å²) in [4.78, 5) is 0. The number of hydrogen-bond donors (Lipinski definition) is 0. The second-order valence-electron chi connectivity index (χ2n) is 0. The van der Waals surface area contributed by atoms with Gasteiger partial charge in [0.25, 0.3) is 0 Å². The van der Waals surface area contributed by atoms with E-state index < -0.39 is 0 Å². The molecule has 0 aliphatic rings. The highest BCUT2D eigenvalue weighted by molar-refractivity contribution is 5.85. The average molecular weight is 92.6 g/mol. The van der Waals surface area contributed by atoms with E-state index in [9.17, 15) is 0 Å². The van der Waals surface area contributed by atoms with Crippen LogP contribution in [-0.2, 0) is 0 Å². The SMILES string of the molecule is C=C.C=C.Cl. The van der Waals surface area contributed by atoms with E-state index in [0.29, 0.717) is 0 Å². The lowest BCUT2D eigenvalue weighted by atomic mass is 11.3. The first-order chi connectivity index (χ1) is 2.00. The molecule has 0 radical (unpaired) electrons. The van der Waals surface area contributed by atoms with Gasteiger partial charge in [0.2, 0.25) is 0 Å². The van der Waals surface area contributed by atoms with Gasteiger partial charge in [-0.05, 0) is 0 Å². The smallest absolute Gasteiger partial charge is 0.106 e. The molecule has 0 N–H and O–H groups in total. The summed E-state index contributed by atoms with van der Waals surface area (Å²) in [5, 5.41) is 0. The van der Waals surface area contributed by atoms with E-state index in [1.54, 1.807) is 0 Å². The molecule has 0 heterocycles. The lowest BCUT2D eigenvalue weighted by Gasteiger charge is -0.813. The van der Waals surface area contributed by atoms with Crippen LogP contribution in [0.3, 0.4) is 0 Å². The molecule has 0 spiro atoms. The lowest BCUT2D eigenvalue weighted by molar-refractivity contribution is 2.81. The van der Waals surface area contributed by atoms with Crippen molar-refractivity contribution in [3.63, 3.8) is 0 Å². The zero-order valence-corrected chi connectivity index (χ0v) is 4.05. The second kappa shape index (κ2) is 547. The Hall–Kier alpha value is -0.230. The maximum absolute atomic E-state index is 3.00. The van der Waals surface area contributed by atoms with Crippen molar-refractivity contribution in [3.05, 3.63) is 26.3 Å². The Morgan fingerprint density at radius 1 is 0.600 bits per heavy atom. The molecule has 0 atom stereocenters. The maximum Gasteiger partial charge on any atom is -0.106 e. The van der Waals surface area contributed by atoms with Gasteiger partial charge in [0, 0.05) is 0 Å². The molecule has 0 bridgehead atoms. The van der Waals surface area contributed by atoms with Gasteiger partial charge in [0.05, 0.1) is 0 Å². The van der Waals surface area contributed by atoms with E-state index in [4.69, 9.17) is 0 Å². The third kappa shape index (κ3) is 223. The van der Waals surface area contributed by atoms with Crippen molar-refractivity contribution < 1.29 is 0 Å². The van der Waals surface area contributed by atoms with Gasteiger partial charge in [-0.3, -0.25) is 0 Å². The van der Waals surface area contributed by atoms with Gasteiger partial charge in [0.1, 0.15) is 0 Å². The highest BCUT2D eigenvalue weighted by Crippen LogP contribution is 0.864. The van der Waals surface area contributed by atoms with Crippen molar-refractivity contribution in [2.24, 2.45) is 0 Å². The maximum atomic E-state index is 3.00. The summed E-state index contributed by atoms with van der Waals surface area (Å²) in [5.74, 6) is 0. The Bertz CT molecular complexity index is 5.61. The minimum Gasteiger partial charge on any atom is -0.147 e. The Morgan fingerprint density at radius 2 is 0.600 bits per heavy atom. The third-order valence-corrected chi connectivity index (χ3v) is 0. The van der Waals surface area contributed by atoms with Crippen LogP contribution in [0.25, 0.3) is 0 Å². The van der Waals surface area contributed by atoms with E-state index in [1.807, 2.05) is 0 Å². The standard InChI is InChI=1S/2C2H4.ClH/c2*1-2;/h2*1-2H2;1H. The summed E-state index contributed by atoms with van der Waals surface area (Å²) in [6.07, 6.45) is 0. The van der Waals surface area contributed by atoms with E-state index in [-0.39, 0.29) is 12.4 Å². The van der Waals surface area contributed by atoms with Gasteiger partial charge >= 0.3 is 0 Å². The first-order valence-electron chi connectivity index (χ1n) is 1.000. The summed E-state index contributed by atoms with van der Waals surface area (Å²) >= 11 is 0. The first kappa shape index (κ1) is 21.6. The summed E-state index contributed by atoms with van der Waals surface area (Å²) in [7, 11) is 0. The highest BCUT2D eigenvalue weighted by Gasteiger charge is 0.603. The van der Waals surface area contributed by atoms with Crippen molar-refractivity contribution in [2.45, 2.75) is 0 Å². The van der Waals surface area contributed by atoms with Crippen molar-refractivity contribution in [3.8, 4) is 0 Å². The van der Waals surface area contributed by atoms with E-state index in [2.05, 4.69) is 26.3 Å². The van der Waals surface area contributed by atoms with E-state index in [0.717, 1.165) is 0 Å². The molecule has 0 aromatic carbocycles. The second-order valence-corrected chi connectivity index (χ2v) is 0. The van der Waals surface area contributed by atoms with Gasteiger partial charge in [-0.25, -0.2) is 0 Å². The van der Waals surface area contributed by atoms with Crippen LogP contribution in [0.2, 0.25) is 0 Å². The van der Waals surface area contributed by atoms with Crippen LogP contribution >= 0.6 is 12.4 Å². The number of halogens is 1. The zero-order chi connectivity index (χ0) is 4.00. The molecule has 0 aliphatic heterocycles. The minimum atomic E-state index is 0. The van der Waals surface area contributed by atoms with Crippen LogP contribution in [-0.4, -0.2) is 0 Å². The summed E-state index contributed by atoms with van der Waals surface area (Å²) in [5.41, 5.74) is 0. The quantitative estimate of drug-likeness (QED) is 0.401. The normalized spacial score (nSPS) is 1.60. The van der Waals surface area contributed by atoms with Crippen LogP contribution in [0.1, 0.15) is 0 Å². The predicted octanol–water partition coefficient (Wildman–Crippen LogP) is 2.03. The number of hydrogen-bond acceptors (Lipinski definition) is 0. The van der Waals surface area contributed by atoms with Gasteiger partial charge in [-0.2, -0.15) is 0 Å².